The van der Waals surface area contributed by atoms with Crippen LogP contribution in [0.3, 0.4) is 0 Å². The van der Waals surface area contributed by atoms with Crippen LogP contribution in [-0.4, -0.2) is 11.8 Å². The number of Topliss-reactive ketones (excluding diaryl/α,β-unsaturated/α-hetero) is 1. The highest BCUT2D eigenvalue weighted by molar-refractivity contribution is 6.40. The second kappa shape index (κ2) is 5.61. The van der Waals surface area contributed by atoms with Crippen molar-refractivity contribution in [3.63, 3.8) is 0 Å². The Balaban J connectivity index is 2.47. The highest BCUT2D eigenvalue weighted by Crippen LogP contribution is 2.00. The van der Waals surface area contributed by atoms with Crippen LogP contribution in [0.1, 0.15) is 12.5 Å². The standard InChI is InChI=1S/C12H10O3/c1-2-6-11(13)12(14)15-9-10-7-4-3-5-8-10/h3-5,7-8H,9H2,1H3. The zero-order chi connectivity index (χ0) is 11.1. The van der Waals surface area contributed by atoms with Crippen LogP contribution in [0, 0.1) is 11.8 Å². The zero-order valence-corrected chi connectivity index (χ0v) is 8.32. The van der Waals surface area contributed by atoms with Crippen molar-refractivity contribution in [2.75, 3.05) is 0 Å². The van der Waals surface area contributed by atoms with Crippen LogP contribution in [0.4, 0.5) is 0 Å². The van der Waals surface area contributed by atoms with Crippen molar-refractivity contribution in [3.05, 3.63) is 35.9 Å². The number of benzene rings is 1. The Morgan fingerprint density at radius 2 is 1.93 bits per heavy atom. The molecule has 0 bridgehead atoms. The van der Waals surface area contributed by atoms with Gasteiger partial charge in [-0.2, -0.15) is 0 Å². The molecule has 0 aliphatic carbocycles. The molecular weight excluding hydrogens is 192 g/mol. The molecule has 0 amide bonds. The quantitative estimate of drug-likeness (QED) is 0.321. The summed E-state index contributed by atoms with van der Waals surface area (Å²) in [5.74, 6) is 2.74. The number of ether oxygens (including phenoxy) is 1. The van der Waals surface area contributed by atoms with Crippen molar-refractivity contribution in [1.82, 2.24) is 0 Å². The number of esters is 1. The molecule has 15 heavy (non-hydrogen) atoms. The molecule has 1 aromatic carbocycles. The minimum absolute atomic E-state index is 0.0941. The third kappa shape index (κ3) is 3.65. The molecule has 0 saturated heterocycles. The summed E-state index contributed by atoms with van der Waals surface area (Å²) in [6, 6.07) is 9.14. The van der Waals surface area contributed by atoms with E-state index in [4.69, 9.17) is 4.74 Å². The van der Waals surface area contributed by atoms with E-state index in [1.807, 2.05) is 30.3 Å². The first-order valence-corrected chi connectivity index (χ1v) is 4.42. The molecule has 0 aromatic heterocycles. The van der Waals surface area contributed by atoms with Crippen LogP contribution in [0.5, 0.6) is 0 Å². The van der Waals surface area contributed by atoms with E-state index in [0.717, 1.165) is 5.56 Å². The first-order valence-electron chi connectivity index (χ1n) is 4.42. The Bertz CT molecular complexity index is 409. The molecule has 0 heterocycles. The van der Waals surface area contributed by atoms with E-state index < -0.39 is 11.8 Å². The first-order chi connectivity index (χ1) is 7.24. The average molecular weight is 202 g/mol. The molecule has 0 N–H and O–H groups in total. The normalized spacial score (nSPS) is 8.60. The van der Waals surface area contributed by atoms with Gasteiger partial charge in [-0.15, -0.1) is 0 Å². The van der Waals surface area contributed by atoms with Gasteiger partial charge >= 0.3 is 11.8 Å². The Morgan fingerprint density at radius 3 is 2.53 bits per heavy atom. The molecule has 0 radical (unpaired) electrons. The molecule has 3 nitrogen and oxygen atoms in total. The summed E-state index contributed by atoms with van der Waals surface area (Å²) in [5, 5.41) is 0. The monoisotopic (exact) mass is 202 g/mol. The van der Waals surface area contributed by atoms with Crippen molar-refractivity contribution in [2.24, 2.45) is 0 Å². The van der Waals surface area contributed by atoms with Crippen molar-refractivity contribution in [2.45, 2.75) is 13.5 Å². The van der Waals surface area contributed by atoms with E-state index in [2.05, 4.69) is 11.8 Å². The van der Waals surface area contributed by atoms with Crippen molar-refractivity contribution in [3.8, 4) is 11.8 Å². The van der Waals surface area contributed by atoms with Gasteiger partial charge in [0.15, 0.2) is 0 Å². The average Bonchev–Trinajstić information content (AvgIpc) is 2.27. The minimum atomic E-state index is -0.909. The summed E-state index contributed by atoms with van der Waals surface area (Å²) >= 11 is 0. The predicted octanol–water partition coefficient (Wildman–Crippen LogP) is 1.32. The highest BCUT2D eigenvalue weighted by Gasteiger charge is 2.11. The van der Waals surface area contributed by atoms with E-state index in [0.29, 0.717) is 0 Å². The predicted molar refractivity (Wildman–Crippen MR) is 54.7 cm³/mol. The van der Waals surface area contributed by atoms with Crippen LogP contribution in [0.15, 0.2) is 30.3 Å². The topological polar surface area (TPSA) is 43.4 Å². The molecule has 0 fully saturated rings. The van der Waals surface area contributed by atoms with Crippen molar-refractivity contribution >= 4 is 11.8 Å². The Kier molecular flexibility index (Phi) is 4.11. The van der Waals surface area contributed by atoms with Crippen LogP contribution >= 0.6 is 0 Å². The second-order valence-corrected chi connectivity index (χ2v) is 2.77. The van der Waals surface area contributed by atoms with E-state index in [1.165, 1.54) is 6.92 Å². The molecule has 3 heteroatoms. The van der Waals surface area contributed by atoms with Gasteiger partial charge in [0.1, 0.15) is 6.61 Å². The molecule has 0 aliphatic heterocycles. The maximum atomic E-state index is 11.0. The zero-order valence-electron chi connectivity index (χ0n) is 8.32. The lowest BCUT2D eigenvalue weighted by Crippen LogP contribution is -2.15. The molecular formula is C12H10O3. The number of carbonyl (C=O) groups excluding carboxylic acids is 2. The second-order valence-electron chi connectivity index (χ2n) is 2.77. The molecule has 0 aliphatic rings. The lowest BCUT2D eigenvalue weighted by molar-refractivity contribution is -0.152. The van der Waals surface area contributed by atoms with Gasteiger partial charge in [0.05, 0.1) is 0 Å². The van der Waals surface area contributed by atoms with Crippen molar-refractivity contribution in [1.29, 1.82) is 0 Å². The lowest BCUT2D eigenvalue weighted by atomic mass is 10.2. The molecule has 1 aromatic rings. The van der Waals surface area contributed by atoms with Gasteiger partial charge in [-0.3, -0.25) is 4.79 Å². The van der Waals surface area contributed by atoms with Crippen LogP contribution in [0.25, 0.3) is 0 Å². The van der Waals surface area contributed by atoms with Crippen LogP contribution < -0.4 is 0 Å². The molecule has 0 saturated carbocycles. The number of hydrogen-bond donors (Lipinski definition) is 0. The van der Waals surface area contributed by atoms with Gasteiger partial charge in [0.25, 0.3) is 0 Å². The highest BCUT2D eigenvalue weighted by atomic mass is 16.5. The summed E-state index contributed by atoms with van der Waals surface area (Å²) in [6.07, 6.45) is 0. The van der Waals surface area contributed by atoms with E-state index in [9.17, 15) is 9.59 Å². The summed E-state index contributed by atoms with van der Waals surface area (Å²) in [7, 11) is 0. The summed E-state index contributed by atoms with van der Waals surface area (Å²) in [6.45, 7) is 1.58. The van der Waals surface area contributed by atoms with Gasteiger partial charge in [-0.1, -0.05) is 36.3 Å². The Hall–Kier alpha value is -2.08. The van der Waals surface area contributed by atoms with Gasteiger partial charge in [0.2, 0.25) is 0 Å². The molecule has 0 atom stereocenters. The number of hydrogen-bond acceptors (Lipinski definition) is 3. The maximum absolute atomic E-state index is 11.0. The van der Waals surface area contributed by atoms with Gasteiger partial charge in [-0.25, -0.2) is 4.79 Å². The summed E-state index contributed by atoms with van der Waals surface area (Å²) in [4.78, 5) is 21.9. The fourth-order valence-corrected chi connectivity index (χ4v) is 0.953. The fourth-order valence-electron chi connectivity index (χ4n) is 0.953. The maximum Gasteiger partial charge on any atom is 0.388 e. The third-order valence-corrected chi connectivity index (χ3v) is 1.64. The molecule has 0 spiro atoms. The van der Waals surface area contributed by atoms with E-state index in [-0.39, 0.29) is 6.61 Å². The summed E-state index contributed by atoms with van der Waals surface area (Å²) in [5.41, 5.74) is 0.836. The van der Waals surface area contributed by atoms with Gasteiger partial charge in [-0.05, 0) is 18.4 Å². The van der Waals surface area contributed by atoms with Crippen LogP contribution in [0.2, 0.25) is 0 Å². The SMILES string of the molecule is CC#CC(=O)C(=O)OCc1ccccc1. The number of carbonyl (C=O) groups is 2. The molecule has 0 unspecified atom stereocenters. The van der Waals surface area contributed by atoms with Crippen LogP contribution in [-0.2, 0) is 20.9 Å². The molecule has 76 valence electrons. The Morgan fingerprint density at radius 1 is 1.27 bits per heavy atom. The fraction of sp³-hybridized carbons (Fsp3) is 0.167. The van der Waals surface area contributed by atoms with E-state index in [1.54, 1.807) is 0 Å². The van der Waals surface area contributed by atoms with E-state index >= 15 is 0 Å². The number of ketones is 1. The number of rotatable bonds is 3. The van der Waals surface area contributed by atoms with Gasteiger partial charge in [0, 0.05) is 0 Å². The van der Waals surface area contributed by atoms with Crippen molar-refractivity contribution < 1.29 is 14.3 Å². The third-order valence-electron chi connectivity index (χ3n) is 1.64. The smallest absolute Gasteiger partial charge is 0.388 e. The largest absolute Gasteiger partial charge is 0.454 e. The van der Waals surface area contributed by atoms with Gasteiger partial charge < -0.3 is 4.74 Å². The molecule has 1 rings (SSSR count). The Labute approximate surface area is 88.1 Å². The first kappa shape index (κ1) is 11.0. The summed E-state index contributed by atoms with van der Waals surface area (Å²) < 4.78 is 4.75. The minimum Gasteiger partial charge on any atom is -0.454 e. The lowest BCUT2D eigenvalue weighted by Gasteiger charge is -2.00.